The highest BCUT2D eigenvalue weighted by Gasteiger charge is 2.25. The average molecular weight is 577 g/mol. The van der Waals surface area contributed by atoms with Crippen LogP contribution in [0.4, 0.5) is 4.39 Å². The SMILES string of the molecule is C[C@H](NC(=O)c1ccco1)C(=O)N1CCCN(CCCOc2ccc(-c3noc(Cc4ccccn4)n3)c(F)c2)CC1. The molecule has 0 unspecified atom stereocenters. The fraction of sp³-hybridized carbons (Fsp3) is 0.367. The Morgan fingerprint density at radius 3 is 2.81 bits per heavy atom. The van der Waals surface area contributed by atoms with Crippen molar-refractivity contribution in [1.82, 2.24) is 30.2 Å². The van der Waals surface area contributed by atoms with Crippen molar-refractivity contribution in [3.63, 3.8) is 0 Å². The zero-order valence-corrected chi connectivity index (χ0v) is 23.4. The van der Waals surface area contributed by atoms with Crippen molar-refractivity contribution >= 4 is 11.8 Å². The van der Waals surface area contributed by atoms with Crippen LogP contribution in [0.15, 0.2) is 69.9 Å². The first-order chi connectivity index (χ1) is 20.5. The number of carbonyl (C=O) groups excluding carboxylic acids is 2. The summed E-state index contributed by atoms with van der Waals surface area (Å²) in [5.41, 5.74) is 1.02. The maximum Gasteiger partial charge on any atom is 0.287 e. The standard InChI is InChI=1S/C30H33FN6O5/c1-21(33-29(38)26-8-4-17-41-26)30(39)37-14-5-12-36(15-16-37)13-6-18-40-23-9-10-24(25(31)20-23)28-34-27(42-35-28)19-22-7-2-3-11-32-22/h2-4,7-11,17,20-21H,5-6,12-16,18-19H2,1H3,(H,33,38)/t21-/m0/s1. The number of benzene rings is 1. The summed E-state index contributed by atoms with van der Waals surface area (Å²) in [6, 6.07) is 12.7. The molecular weight excluding hydrogens is 543 g/mol. The number of ether oxygens (including phenoxy) is 1. The predicted molar refractivity (Wildman–Crippen MR) is 150 cm³/mol. The van der Waals surface area contributed by atoms with Gasteiger partial charge in [-0.1, -0.05) is 11.2 Å². The number of hydrogen-bond acceptors (Lipinski definition) is 9. The van der Waals surface area contributed by atoms with Crippen molar-refractivity contribution in [2.75, 3.05) is 39.3 Å². The number of carbonyl (C=O) groups is 2. The van der Waals surface area contributed by atoms with Crippen molar-refractivity contribution in [1.29, 1.82) is 0 Å². The van der Waals surface area contributed by atoms with Crippen molar-refractivity contribution < 1.29 is 27.7 Å². The maximum absolute atomic E-state index is 14.8. The van der Waals surface area contributed by atoms with Gasteiger partial charge in [0.25, 0.3) is 5.91 Å². The minimum absolute atomic E-state index is 0.115. The van der Waals surface area contributed by atoms with Gasteiger partial charge in [-0.3, -0.25) is 14.6 Å². The molecule has 1 aliphatic rings. The Morgan fingerprint density at radius 1 is 1.12 bits per heavy atom. The number of halogens is 1. The average Bonchev–Trinajstić information content (AvgIpc) is 3.64. The van der Waals surface area contributed by atoms with Crippen LogP contribution in [0.5, 0.6) is 5.75 Å². The van der Waals surface area contributed by atoms with Gasteiger partial charge < -0.3 is 28.8 Å². The third kappa shape index (κ3) is 7.58. The number of rotatable bonds is 11. The van der Waals surface area contributed by atoms with Gasteiger partial charge in [-0.2, -0.15) is 4.98 Å². The van der Waals surface area contributed by atoms with Crippen molar-refractivity contribution in [3.8, 4) is 17.1 Å². The molecule has 4 heterocycles. The molecular formula is C30H33FN6O5. The topological polar surface area (TPSA) is 127 Å². The fourth-order valence-corrected chi connectivity index (χ4v) is 4.76. The molecule has 1 N–H and O–H groups in total. The Morgan fingerprint density at radius 2 is 2.02 bits per heavy atom. The summed E-state index contributed by atoms with van der Waals surface area (Å²) in [5.74, 6) is 0.110. The molecule has 0 saturated carbocycles. The van der Waals surface area contributed by atoms with Crippen molar-refractivity contribution in [2.24, 2.45) is 0 Å². The van der Waals surface area contributed by atoms with Gasteiger partial charge in [-0.25, -0.2) is 4.39 Å². The molecule has 0 bridgehead atoms. The van der Waals surface area contributed by atoms with Crippen LogP contribution in [-0.2, 0) is 11.2 Å². The molecule has 5 rings (SSSR count). The molecule has 1 saturated heterocycles. The van der Waals surface area contributed by atoms with E-state index < -0.39 is 17.8 Å². The summed E-state index contributed by atoms with van der Waals surface area (Å²) in [4.78, 5) is 37.7. The number of nitrogens with zero attached hydrogens (tertiary/aromatic N) is 5. The molecule has 4 aromatic rings. The molecule has 0 aliphatic carbocycles. The Bertz CT molecular complexity index is 1460. The molecule has 1 atom stereocenters. The Hall–Kier alpha value is -4.58. The normalized spacial score (nSPS) is 14.8. The van der Waals surface area contributed by atoms with Crippen LogP contribution in [0.3, 0.4) is 0 Å². The van der Waals surface area contributed by atoms with E-state index in [1.165, 1.54) is 12.3 Å². The number of amides is 2. The zero-order chi connectivity index (χ0) is 29.3. The summed E-state index contributed by atoms with van der Waals surface area (Å²) < 4.78 is 31.0. The smallest absolute Gasteiger partial charge is 0.287 e. The highest BCUT2D eigenvalue weighted by Crippen LogP contribution is 2.25. The third-order valence-electron chi connectivity index (χ3n) is 6.96. The first-order valence-corrected chi connectivity index (χ1v) is 14.0. The highest BCUT2D eigenvalue weighted by molar-refractivity contribution is 5.95. The first kappa shape index (κ1) is 28.9. The Kier molecular flexibility index (Phi) is 9.55. The largest absolute Gasteiger partial charge is 0.493 e. The fourth-order valence-electron chi connectivity index (χ4n) is 4.76. The van der Waals surface area contributed by atoms with E-state index in [9.17, 15) is 14.0 Å². The van der Waals surface area contributed by atoms with Crippen LogP contribution >= 0.6 is 0 Å². The van der Waals surface area contributed by atoms with E-state index in [4.69, 9.17) is 13.7 Å². The Balaban J connectivity index is 1.04. The highest BCUT2D eigenvalue weighted by atomic mass is 19.1. The molecule has 2 amide bonds. The lowest BCUT2D eigenvalue weighted by Crippen LogP contribution is -2.48. The number of furan rings is 1. The lowest BCUT2D eigenvalue weighted by molar-refractivity contribution is -0.132. The van der Waals surface area contributed by atoms with Crippen molar-refractivity contribution in [3.05, 3.63) is 84.2 Å². The molecule has 1 aromatic carbocycles. The van der Waals surface area contributed by atoms with Gasteiger partial charge in [-0.15, -0.1) is 0 Å². The van der Waals surface area contributed by atoms with E-state index in [1.54, 1.807) is 42.3 Å². The van der Waals surface area contributed by atoms with Crippen LogP contribution in [-0.4, -0.2) is 82.1 Å². The van der Waals surface area contributed by atoms with Crippen LogP contribution in [0.2, 0.25) is 0 Å². The van der Waals surface area contributed by atoms with E-state index in [0.717, 1.165) is 38.2 Å². The molecule has 0 spiro atoms. The van der Waals surface area contributed by atoms with Gasteiger partial charge in [-0.05, 0) is 62.7 Å². The summed E-state index contributed by atoms with van der Waals surface area (Å²) in [5, 5.41) is 6.61. The van der Waals surface area contributed by atoms with E-state index >= 15 is 0 Å². The van der Waals surface area contributed by atoms with E-state index in [1.807, 2.05) is 18.2 Å². The van der Waals surface area contributed by atoms with Gasteiger partial charge in [0, 0.05) is 44.1 Å². The molecule has 11 nitrogen and oxygen atoms in total. The molecule has 42 heavy (non-hydrogen) atoms. The summed E-state index contributed by atoms with van der Waals surface area (Å²) in [6.45, 7) is 5.67. The van der Waals surface area contributed by atoms with E-state index in [2.05, 4.69) is 25.3 Å². The lowest BCUT2D eigenvalue weighted by Gasteiger charge is -2.25. The monoisotopic (exact) mass is 576 g/mol. The molecule has 0 radical (unpaired) electrons. The third-order valence-corrected chi connectivity index (χ3v) is 6.96. The van der Waals surface area contributed by atoms with Crippen molar-refractivity contribution in [2.45, 2.75) is 32.2 Å². The van der Waals surface area contributed by atoms with Crippen LogP contribution in [0.1, 0.15) is 41.9 Å². The summed E-state index contributed by atoms with van der Waals surface area (Å²) in [7, 11) is 0. The predicted octanol–water partition coefficient (Wildman–Crippen LogP) is 3.58. The van der Waals surface area contributed by atoms with Crippen LogP contribution in [0, 0.1) is 5.82 Å². The molecule has 3 aromatic heterocycles. The maximum atomic E-state index is 14.8. The Labute approximate surface area is 242 Å². The van der Waals surface area contributed by atoms with Gasteiger partial charge in [0.1, 0.15) is 17.6 Å². The first-order valence-electron chi connectivity index (χ1n) is 14.0. The lowest BCUT2D eigenvalue weighted by atomic mass is 10.2. The number of nitrogens with one attached hydrogen (secondary N) is 1. The number of hydrogen-bond donors (Lipinski definition) is 1. The van der Waals surface area contributed by atoms with Gasteiger partial charge in [0.2, 0.25) is 17.6 Å². The molecule has 12 heteroatoms. The second-order valence-electron chi connectivity index (χ2n) is 10.0. The second kappa shape index (κ2) is 13.9. The van der Waals surface area contributed by atoms with Gasteiger partial charge >= 0.3 is 0 Å². The van der Waals surface area contributed by atoms with E-state index in [0.29, 0.717) is 37.8 Å². The summed E-state index contributed by atoms with van der Waals surface area (Å²) >= 11 is 0. The molecule has 1 aliphatic heterocycles. The zero-order valence-electron chi connectivity index (χ0n) is 23.4. The quantitative estimate of drug-likeness (QED) is 0.267. The minimum Gasteiger partial charge on any atom is -0.493 e. The van der Waals surface area contributed by atoms with Gasteiger partial charge in [0.05, 0.1) is 24.9 Å². The van der Waals surface area contributed by atoms with Gasteiger partial charge in [0.15, 0.2) is 5.76 Å². The van der Waals surface area contributed by atoms with Crippen LogP contribution < -0.4 is 10.1 Å². The number of pyridine rings is 1. The van der Waals surface area contributed by atoms with E-state index in [-0.39, 0.29) is 23.1 Å². The molecule has 1 fully saturated rings. The molecule has 220 valence electrons. The summed E-state index contributed by atoms with van der Waals surface area (Å²) in [6.07, 6.45) is 5.05. The van der Waals surface area contributed by atoms with Crippen LogP contribution in [0.25, 0.3) is 11.4 Å². The number of aromatic nitrogens is 3. The second-order valence-corrected chi connectivity index (χ2v) is 10.0. The minimum atomic E-state index is -0.650.